The van der Waals surface area contributed by atoms with Crippen LogP contribution in [0.2, 0.25) is 0 Å². The number of rotatable bonds is 8. The summed E-state index contributed by atoms with van der Waals surface area (Å²) in [6.45, 7) is 5.45. The molecule has 0 radical (unpaired) electrons. The van der Waals surface area contributed by atoms with Crippen molar-refractivity contribution in [3.63, 3.8) is 0 Å². The number of nitrogens with one attached hydrogen (secondary N) is 2. The smallest absolute Gasteiger partial charge is 0.191 e. The number of ether oxygens (including phenoxy) is 2. The molecule has 1 saturated heterocycles. The first kappa shape index (κ1) is 21.7. The quantitative estimate of drug-likeness (QED) is 0.513. The summed E-state index contributed by atoms with van der Waals surface area (Å²) in [7, 11) is 3.46. The molecule has 0 spiro atoms. The Bertz CT molecular complexity index is 828. The Balaban J connectivity index is 1.40. The molecule has 30 heavy (non-hydrogen) atoms. The monoisotopic (exact) mass is 414 g/mol. The fourth-order valence-corrected chi connectivity index (χ4v) is 3.53. The number of anilines is 1. The topological polar surface area (TPSA) is 58.1 Å². The molecule has 2 unspecified atom stereocenters. The second-order valence-corrected chi connectivity index (χ2v) is 7.52. The predicted molar refractivity (Wildman–Crippen MR) is 119 cm³/mol. The van der Waals surface area contributed by atoms with E-state index in [1.807, 2.05) is 19.1 Å². The van der Waals surface area contributed by atoms with Crippen LogP contribution in [0, 0.1) is 11.7 Å². The maximum Gasteiger partial charge on any atom is 0.191 e. The number of aliphatic imine (C=N–C) groups is 1. The molecule has 3 rings (SSSR count). The van der Waals surface area contributed by atoms with E-state index in [1.165, 1.54) is 17.8 Å². The van der Waals surface area contributed by atoms with Gasteiger partial charge in [0.2, 0.25) is 0 Å². The zero-order valence-corrected chi connectivity index (χ0v) is 17.9. The van der Waals surface area contributed by atoms with Gasteiger partial charge in [0.15, 0.2) is 5.96 Å². The summed E-state index contributed by atoms with van der Waals surface area (Å²) >= 11 is 0. The van der Waals surface area contributed by atoms with Crippen LogP contribution in [-0.4, -0.2) is 52.4 Å². The van der Waals surface area contributed by atoms with Crippen molar-refractivity contribution in [3.05, 3.63) is 54.3 Å². The zero-order chi connectivity index (χ0) is 21.3. The van der Waals surface area contributed by atoms with Crippen LogP contribution in [0.3, 0.4) is 0 Å². The average Bonchev–Trinajstić information content (AvgIpc) is 3.24. The van der Waals surface area contributed by atoms with Crippen molar-refractivity contribution in [2.24, 2.45) is 10.9 Å². The molecule has 0 aromatic heterocycles. The van der Waals surface area contributed by atoms with E-state index in [-0.39, 0.29) is 11.9 Å². The van der Waals surface area contributed by atoms with E-state index in [9.17, 15) is 4.39 Å². The molecule has 0 saturated carbocycles. The van der Waals surface area contributed by atoms with E-state index in [4.69, 9.17) is 9.47 Å². The Morgan fingerprint density at radius 1 is 1.20 bits per heavy atom. The first-order valence-corrected chi connectivity index (χ1v) is 10.3. The van der Waals surface area contributed by atoms with Gasteiger partial charge in [-0.3, -0.25) is 4.99 Å². The Hall–Kier alpha value is -2.96. The maximum atomic E-state index is 13.0. The first-order valence-electron chi connectivity index (χ1n) is 10.3. The van der Waals surface area contributed by atoms with Gasteiger partial charge in [0.25, 0.3) is 0 Å². The Morgan fingerprint density at radius 3 is 2.73 bits per heavy atom. The lowest BCUT2D eigenvalue weighted by Gasteiger charge is -2.21. The zero-order valence-electron chi connectivity index (χ0n) is 17.9. The number of nitrogens with zero attached hydrogens (tertiary/aromatic N) is 2. The van der Waals surface area contributed by atoms with Gasteiger partial charge in [0, 0.05) is 38.4 Å². The highest BCUT2D eigenvalue weighted by atomic mass is 19.1. The van der Waals surface area contributed by atoms with Crippen LogP contribution < -0.4 is 25.0 Å². The summed E-state index contributed by atoms with van der Waals surface area (Å²) in [5.41, 5.74) is 1.20. The molecule has 2 atom stereocenters. The van der Waals surface area contributed by atoms with Gasteiger partial charge in [0.05, 0.1) is 13.7 Å². The van der Waals surface area contributed by atoms with Crippen molar-refractivity contribution >= 4 is 11.6 Å². The number of halogens is 1. The average molecular weight is 415 g/mol. The fraction of sp³-hybridized carbons (Fsp3) is 0.435. The minimum Gasteiger partial charge on any atom is -0.497 e. The molecule has 1 fully saturated rings. The molecule has 0 amide bonds. The van der Waals surface area contributed by atoms with Crippen LogP contribution in [0.4, 0.5) is 10.1 Å². The van der Waals surface area contributed by atoms with E-state index in [1.54, 1.807) is 26.3 Å². The summed E-state index contributed by atoms with van der Waals surface area (Å²) in [6, 6.07) is 14.3. The summed E-state index contributed by atoms with van der Waals surface area (Å²) < 4.78 is 24.1. The lowest BCUT2D eigenvalue weighted by atomic mass is 10.1. The lowest BCUT2D eigenvalue weighted by molar-refractivity contribution is 0.223. The third-order valence-corrected chi connectivity index (χ3v) is 5.19. The van der Waals surface area contributed by atoms with E-state index in [0.29, 0.717) is 18.2 Å². The largest absolute Gasteiger partial charge is 0.497 e. The molecule has 2 aromatic rings. The molecule has 0 aliphatic carbocycles. The van der Waals surface area contributed by atoms with Gasteiger partial charge in [-0.05, 0) is 55.7 Å². The number of hydrogen-bond acceptors (Lipinski definition) is 4. The Morgan fingerprint density at radius 2 is 2.00 bits per heavy atom. The van der Waals surface area contributed by atoms with Crippen LogP contribution in [0.25, 0.3) is 0 Å². The van der Waals surface area contributed by atoms with E-state index in [0.717, 1.165) is 37.8 Å². The van der Waals surface area contributed by atoms with E-state index < -0.39 is 0 Å². The lowest BCUT2D eigenvalue weighted by Crippen LogP contribution is -2.43. The van der Waals surface area contributed by atoms with Gasteiger partial charge in [0.1, 0.15) is 23.4 Å². The number of methoxy groups -OCH3 is 1. The molecule has 1 aliphatic heterocycles. The van der Waals surface area contributed by atoms with E-state index >= 15 is 0 Å². The van der Waals surface area contributed by atoms with Crippen molar-refractivity contribution in [2.45, 2.75) is 19.4 Å². The van der Waals surface area contributed by atoms with Crippen molar-refractivity contribution in [1.82, 2.24) is 10.6 Å². The number of benzene rings is 2. The number of guanidine groups is 1. The van der Waals surface area contributed by atoms with Gasteiger partial charge in [-0.15, -0.1) is 0 Å². The normalized spacial score (nSPS) is 17.5. The maximum absolute atomic E-state index is 13.0. The molecule has 1 aliphatic rings. The Kier molecular flexibility index (Phi) is 7.76. The van der Waals surface area contributed by atoms with Gasteiger partial charge in [-0.1, -0.05) is 6.07 Å². The minimum absolute atomic E-state index is 0.0796. The molecule has 1 heterocycles. The molecular formula is C23H31FN4O2. The highest BCUT2D eigenvalue weighted by Crippen LogP contribution is 2.26. The summed E-state index contributed by atoms with van der Waals surface area (Å²) in [6.07, 6.45) is 1.05. The second kappa shape index (κ2) is 10.7. The fourth-order valence-electron chi connectivity index (χ4n) is 3.53. The summed E-state index contributed by atoms with van der Waals surface area (Å²) in [5, 5.41) is 6.71. The summed E-state index contributed by atoms with van der Waals surface area (Å²) in [5.74, 6) is 2.56. The van der Waals surface area contributed by atoms with Crippen LogP contribution in [0.15, 0.2) is 53.5 Å². The number of hydrogen-bond donors (Lipinski definition) is 2. The molecule has 2 aromatic carbocycles. The molecular weight excluding hydrogens is 383 g/mol. The van der Waals surface area contributed by atoms with Crippen LogP contribution in [0.1, 0.15) is 13.3 Å². The third-order valence-electron chi connectivity index (χ3n) is 5.19. The molecule has 2 N–H and O–H groups in total. The van der Waals surface area contributed by atoms with Crippen molar-refractivity contribution in [1.29, 1.82) is 0 Å². The van der Waals surface area contributed by atoms with Crippen molar-refractivity contribution in [2.75, 3.05) is 45.2 Å². The predicted octanol–water partition coefficient (Wildman–Crippen LogP) is 3.29. The van der Waals surface area contributed by atoms with Gasteiger partial charge >= 0.3 is 0 Å². The first-order chi connectivity index (χ1) is 14.6. The summed E-state index contributed by atoms with van der Waals surface area (Å²) in [4.78, 5) is 6.69. The van der Waals surface area contributed by atoms with Gasteiger partial charge < -0.3 is 25.0 Å². The molecule has 6 nitrogen and oxygen atoms in total. The third kappa shape index (κ3) is 6.27. The second-order valence-electron chi connectivity index (χ2n) is 7.52. The minimum atomic E-state index is -0.269. The van der Waals surface area contributed by atoms with Gasteiger partial charge in [-0.25, -0.2) is 4.39 Å². The van der Waals surface area contributed by atoms with Crippen molar-refractivity contribution in [3.8, 4) is 11.5 Å². The molecule has 7 heteroatoms. The van der Waals surface area contributed by atoms with Crippen LogP contribution >= 0.6 is 0 Å². The standard InChI is InChI=1S/C23H31FN4O2/c1-17(30-21-9-7-19(24)8-10-21)14-26-23(25-2)27-15-18-11-12-28(16-18)20-5-4-6-22(13-20)29-3/h4-10,13,17-18H,11-12,14-16H2,1-3H3,(H2,25,26,27). The Labute approximate surface area is 178 Å². The van der Waals surface area contributed by atoms with Crippen LogP contribution in [0.5, 0.6) is 11.5 Å². The molecule has 162 valence electrons. The molecule has 0 bridgehead atoms. The highest BCUT2D eigenvalue weighted by Gasteiger charge is 2.23. The van der Waals surface area contributed by atoms with Crippen molar-refractivity contribution < 1.29 is 13.9 Å². The highest BCUT2D eigenvalue weighted by molar-refractivity contribution is 5.79. The van der Waals surface area contributed by atoms with Crippen LogP contribution in [-0.2, 0) is 0 Å². The van der Waals surface area contributed by atoms with Gasteiger partial charge in [-0.2, -0.15) is 0 Å². The SMILES string of the molecule is CN=C(NCC1CCN(c2cccc(OC)c2)C1)NCC(C)Oc1ccc(F)cc1. The van der Waals surface area contributed by atoms with E-state index in [2.05, 4.69) is 32.7 Å².